The van der Waals surface area contributed by atoms with Gasteiger partial charge in [0.15, 0.2) is 0 Å². The van der Waals surface area contributed by atoms with Crippen LogP contribution in [-0.2, 0) is 9.53 Å². The number of carbonyl (C=O) groups excluding carboxylic acids is 1. The van der Waals surface area contributed by atoms with Gasteiger partial charge in [-0.3, -0.25) is 4.79 Å². The van der Waals surface area contributed by atoms with Crippen LogP contribution in [-0.4, -0.2) is 12.1 Å². The highest BCUT2D eigenvalue weighted by atomic mass is 16.5. The first-order chi connectivity index (χ1) is 11.9. The SMILES string of the molecule is C/C=C1/CC[C@@H]2[C@H]3CC[C@H]4C[C@@H](OC(C)=O)CC[C@]4(C)[C@@H]3CC[C@]12C. The second-order valence-corrected chi connectivity index (χ2v) is 9.97. The summed E-state index contributed by atoms with van der Waals surface area (Å²) in [5.74, 6) is 3.42. The third kappa shape index (κ3) is 2.61. The minimum atomic E-state index is -0.0967. The van der Waals surface area contributed by atoms with Crippen molar-refractivity contribution in [2.75, 3.05) is 0 Å². The van der Waals surface area contributed by atoms with Crippen LogP contribution in [0.25, 0.3) is 0 Å². The summed E-state index contributed by atoms with van der Waals surface area (Å²) in [6.45, 7) is 8.98. The first-order valence-corrected chi connectivity index (χ1v) is 10.7. The minimum Gasteiger partial charge on any atom is -0.463 e. The highest BCUT2D eigenvalue weighted by Gasteiger charge is 2.59. The van der Waals surface area contributed by atoms with E-state index in [9.17, 15) is 4.79 Å². The molecule has 0 aliphatic heterocycles. The molecule has 140 valence electrons. The van der Waals surface area contributed by atoms with Gasteiger partial charge in [-0.15, -0.1) is 0 Å². The van der Waals surface area contributed by atoms with Crippen molar-refractivity contribution in [2.24, 2.45) is 34.5 Å². The van der Waals surface area contributed by atoms with Crippen molar-refractivity contribution in [1.29, 1.82) is 0 Å². The molecule has 2 nitrogen and oxygen atoms in total. The van der Waals surface area contributed by atoms with E-state index in [0.29, 0.717) is 10.8 Å². The Labute approximate surface area is 153 Å². The Morgan fingerprint density at radius 1 is 1.08 bits per heavy atom. The Hall–Kier alpha value is -0.790. The van der Waals surface area contributed by atoms with E-state index < -0.39 is 0 Å². The van der Waals surface area contributed by atoms with Gasteiger partial charge in [0, 0.05) is 6.92 Å². The molecule has 2 heteroatoms. The standard InChI is InChI=1S/C23H36O2/c1-5-16-7-9-20-19-8-6-17-14-18(25-15(2)24)10-12-23(17,4)21(19)11-13-22(16,20)3/h5,17-21H,6-14H2,1-4H3/b16-5-/t17-,18-,19+,20+,21+,22+,23-/m0/s1. The molecule has 4 aliphatic rings. The maximum Gasteiger partial charge on any atom is 0.302 e. The van der Waals surface area contributed by atoms with E-state index in [1.54, 1.807) is 12.5 Å². The number of rotatable bonds is 1. The van der Waals surface area contributed by atoms with E-state index in [2.05, 4.69) is 26.8 Å². The maximum atomic E-state index is 11.4. The second kappa shape index (κ2) is 6.13. The fraction of sp³-hybridized carbons (Fsp3) is 0.870. The summed E-state index contributed by atoms with van der Waals surface area (Å²) in [5, 5.41) is 0. The van der Waals surface area contributed by atoms with Crippen LogP contribution in [0.5, 0.6) is 0 Å². The molecule has 0 bridgehead atoms. The number of carbonyl (C=O) groups is 1. The van der Waals surface area contributed by atoms with Crippen LogP contribution in [0.1, 0.15) is 85.5 Å². The molecule has 4 fully saturated rings. The third-order valence-corrected chi connectivity index (χ3v) is 9.15. The van der Waals surface area contributed by atoms with E-state index in [0.717, 1.165) is 36.5 Å². The van der Waals surface area contributed by atoms with Crippen molar-refractivity contribution in [1.82, 2.24) is 0 Å². The molecule has 0 saturated heterocycles. The lowest BCUT2D eigenvalue weighted by Crippen LogP contribution is -2.53. The minimum absolute atomic E-state index is 0.0967. The summed E-state index contributed by atoms with van der Waals surface area (Å²) >= 11 is 0. The smallest absolute Gasteiger partial charge is 0.302 e. The molecular weight excluding hydrogens is 308 g/mol. The summed E-state index contributed by atoms with van der Waals surface area (Å²) < 4.78 is 5.59. The first-order valence-electron chi connectivity index (χ1n) is 10.7. The van der Waals surface area contributed by atoms with Gasteiger partial charge in [-0.05, 0) is 99.2 Å². The number of esters is 1. The van der Waals surface area contributed by atoms with Crippen LogP contribution < -0.4 is 0 Å². The van der Waals surface area contributed by atoms with E-state index in [1.165, 1.54) is 44.9 Å². The van der Waals surface area contributed by atoms with Gasteiger partial charge in [0.25, 0.3) is 0 Å². The lowest BCUT2D eigenvalue weighted by molar-refractivity contribution is -0.158. The molecule has 0 aromatic rings. The zero-order valence-corrected chi connectivity index (χ0v) is 16.6. The average molecular weight is 345 g/mol. The van der Waals surface area contributed by atoms with Gasteiger partial charge in [-0.2, -0.15) is 0 Å². The molecule has 4 aliphatic carbocycles. The van der Waals surface area contributed by atoms with Crippen LogP contribution in [0, 0.1) is 34.5 Å². The fourth-order valence-corrected chi connectivity index (χ4v) is 7.88. The Morgan fingerprint density at radius 2 is 1.88 bits per heavy atom. The van der Waals surface area contributed by atoms with Crippen LogP contribution in [0.4, 0.5) is 0 Å². The third-order valence-electron chi connectivity index (χ3n) is 9.15. The zero-order valence-electron chi connectivity index (χ0n) is 16.6. The molecule has 25 heavy (non-hydrogen) atoms. The molecule has 0 amide bonds. The van der Waals surface area contributed by atoms with E-state index in [1.807, 2.05) is 0 Å². The maximum absolute atomic E-state index is 11.4. The Kier molecular flexibility index (Phi) is 4.32. The second-order valence-electron chi connectivity index (χ2n) is 9.97. The quantitative estimate of drug-likeness (QED) is 0.437. The average Bonchev–Trinajstić information content (AvgIpc) is 2.91. The van der Waals surface area contributed by atoms with E-state index in [-0.39, 0.29) is 12.1 Å². The Balaban J connectivity index is 1.55. The number of allylic oxidation sites excluding steroid dienone is 2. The molecule has 0 unspecified atom stereocenters. The molecule has 4 rings (SSSR count). The normalized spacial score (nSPS) is 50.7. The van der Waals surface area contributed by atoms with Crippen molar-refractivity contribution in [3.63, 3.8) is 0 Å². The molecule has 7 atom stereocenters. The fourth-order valence-electron chi connectivity index (χ4n) is 7.88. The van der Waals surface area contributed by atoms with Crippen molar-refractivity contribution in [3.8, 4) is 0 Å². The van der Waals surface area contributed by atoms with Gasteiger partial charge in [-0.1, -0.05) is 25.5 Å². The van der Waals surface area contributed by atoms with Crippen molar-refractivity contribution < 1.29 is 9.53 Å². The van der Waals surface area contributed by atoms with Crippen LogP contribution in [0.2, 0.25) is 0 Å². The summed E-state index contributed by atoms with van der Waals surface area (Å²) in [6, 6.07) is 0. The van der Waals surface area contributed by atoms with Crippen molar-refractivity contribution in [2.45, 2.75) is 91.6 Å². The summed E-state index contributed by atoms with van der Waals surface area (Å²) in [6.07, 6.45) is 14.4. The highest BCUT2D eigenvalue weighted by molar-refractivity contribution is 5.66. The van der Waals surface area contributed by atoms with Gasteiger partial charge in [0.1, 0.15) is 6.10 Å². The van der Waals surface area contributed by atoms with Gasteiger partial charge in [0.05, 0.1) is 0 Å². The summed E-state index contributed by atoms with van der Waals surface area (Å²) in [7, 11) is 0. The predicted octanol–water partition coefficient (Wildman–Crippen LogP) is 5.91. The van der Waals surface area contributed by atoms with E-state index in [4.69, 9.17) is 4.74 Å². The topological polar surface area (TPSA) is 26.3 Å². The Bertz CT molecular complexity index is 579. The van der Waals surface area contributed by atoms with Crippen LogP contribution in [0.3, 0.4) is 0 Å². The van der Waals surface area contributed by atoms with Gasteiger partial charge < -0.3 is 4.74 Å². The van der Waals surface area contributed by atoms with Crippen molar-refractivity contribution in [3.05, 3.63) is 11.6 Å². The zero-order chi connectivity index (χ0) is 17.8. The largest absolute Gasteiger partial charge is 0.463 e. The summed E-state index contributed by atoms with van der Waals surface area (Å²) in [4.78, 5) is 11.4. The van der Waals surface area contributed by atoms with Crippen LogP contribution >= 0.6 is 0 Å². The molecule has 4 saturated carbocycles. The lowest BCUT2D eigenvalue weighted by atomic mass is 9.45. The molecule has 0 aromatic carbocycles. The number of ether oxygens (including phenoxy) is 1. The molecule has 0 radical (unpaired) electrons. The Morgan fingerprint density at radius 3 is 2.60 bits per heavy atom. The first kappa shape index (κ1) is 17.6. The molecule has 0 aromatic heterocycles. The monoisotopic (exact) mass is 344 g/mol. The summed E-state index contributed by atoms with van der Waals surface area (Å²) in [5.41, 5.74) is 2.73. The lowest BCUT2D eigenvalue weighted by Gasteiger charge is -2.60. The molecule has 0 heterocycles. The molecular formula is C23H36O2. The van der Waals surface area contributed by atoms with Gasteiger partial charge in [0.2, 0.25) is 0 Å². The van der Waals surface area contributed by atoms with Crippen molar-refractivity contribution >= 4 is 5.97 Å². The van der Waals surface area contributed by atoms with Crippen LogP contribution in [0.15, 0.2) is 11.6 Å². The number of hydrogen-bond donors (Lipinski definition) is 0. The molecule has 0 N–H and O–H groups in total. The number of hydrogen-bond acceptors (Lipinski definition) is 2. The highest BCUT2D eigenvalue weighted by Crippen LogP contribution is 2.67. The van der Waals surface area contributed by atoms with E-state index >= 15 is 0 Å². The molecule has 0 spiro atoms. The van der Waals surface area contributed by atoms with Gasteiger partial charge >= 0.3 is 5.97 Å². The van der Waals surface area contributed by atoms with Gasteiger partial charge in [-0.25, -0.2) is 0 Å². The predicted molar refractivity (Wildman–Crippen MR) is 101 cm³/mol. The number of fused-ring (bicyclic) bond motifs is 5.